The molecule has 0 bridgehead atoms. The fourth-order valence-corrected chi connectivity index (χ4v) is 4.14. The SMILES string of the molecule is CC1CCCCC1NC(=O)NC1CCCCC1I. The lowest BCUT2D eigenvalue weighted by Gasteiger charge is -2.32. The molecule has 2 fully saturated rings. The van der Waals surface area contributed by atoms with Crippen molar-refractivity contribution in [1.29, 1.82) is 0 Å². The van der Waals surface area contributed by atoms with Crippen LogP contribution >= 0.6 is 22.6 Å². The number of amides is 2. The van der Waals surface area contributed by atoms with Crippen molar-refractivity contribution >= 4 is 28.6 Å². The highest BCUT2D eigenvalue weighted by Crippen LogP contribution is 2.26. The van der Waals surface area contributed by atoms with E-state index in [9.17, 15) is 4.79 Å². The lowest BCUT2D eigenvalue weighted by atomic mass is 9.86. The van der Waals surface area contributed by atoms with Gasteiger partial charge in [-0.1, -0.05) is 55.2 Å². The third kappa shape index (κ3) is 4.00. The first-order valence-electron chi connectivity index (χ1n) is 7.38. The molecule has 0 aromatic heterocycles. The van der Waals surface area contributed by atoms with Gasteiger partial charge in [0, 0.05) is 16.0 Å². The van der Waals surface area contributed by atoms with Crippen LogP contribution in [0.25, 0.3) is 0 Å². The Hall–Kier alpha value is 0. The second-order valence-corrected chi connectivity index (χ2v) is 7.49. The first-order chi connectivity index (χ1) is 8.66. The van der Waals surface area contributed by atoms with Crippen molar-refractivity contribution in [2.45, 2.75) is 74.3 Å². The molecule has 0 aliphatic heterocycles. The van der Waals surface area contributed by atoms with Crippen molar-refractivity contribution in [2.24, 2.45) is 5.92 Å². The Morgan fingerprint density at radius 3 is 2.17 bits per heavy atom. The molecule has 3 nitrogen and oxygen atoms in total. The molecule has 2 amide bonds. The molecule has 4 heteroatoms. The van der Waals surface area contributed by atoms with E-state index in [0.717, 1.165) is 12.8 Å². The molecule has 4 unspecified atom stereocenters. The van der Waals surface area contributed by atoms with E-state index in [-0.39, 0.29) is 6.03 Å². The number of hydrogen-bond acceptors (Lipinski definition) is 1. The van der Waals surface area contributed by atoms with Gasteiger partial charge in [0.2, 0.25) is 0 Å². The van der Waals surface area contributed by atoms with E-state index in [4.69, 9.17) is 0 Å². The maximum absolute atomic E-state index is 12.0. The average molecular weight is 364 g/mol. The zero-order valence-corrected chi connectivity index (χ0v) is 13.4. The van der Waals surface area contributed by atoms with E-state index < -0.39 is 0 Å². The van der Waals surface area contributed by atoms with Crippen molar-refractivity contribution < 1.29 is 4.79 Å². The van der Waals surface area contributed by atoms with E-state index in [1.807, 2.05) is 0 Å². The third-order valence-electron chi connectivity index (χ3n) is 4.43. The zero-order chi connectivity index (χ0) is 13.0. The molecule has 2 rings (SSSR count). The molecule has 0 heterocycles. The van der Waals surface area contributed by atoms with Crippen LogP contribution in [0.3, 0.4) is 0 Å². The highest BCUT2D eigenvalue weighted by Gasteiger charge is 2.27. The van der Waals surface area contributed by atoms with E-state index in [1.165, 1.54) is 38.5 Å². The van der Waals surface area contributed by atoms with Crippen LogP contribution in [0.15, 0.2) is 0 Å². The number of halogens is 1. The largest absolute Gasteiger partial charge is 0.335 e. The van der Waals surface area contributed by atoms with Crippen molar-refractivity contribution in [3.63, 3.8) is 0 Å². The maximum Gasteiger partial charge on any atom is 0.315 e. The molecule has 0 radical (unpaired) electrons. The molecule has 2 aliphatic rings. The lowest BCUT2D eigenvalue weighted by molar-refractivity contribution is 0.215. The van der Waals surface area contributed by atoms with Gasteiger partial charge in [0.15, 0.2) is 0 Å². The Bertz CT molecular complexity index is 259. The smallest absolute Gasteiger partial charge is 0.315 e. The highest BCUT2D eigenvalue weighted by atomic mass is 127. The Kier molecular flexibility index (Phi) is 5.57. The third-order valence-corrected chi connectivity index (χ3v) is 5.92. The van der Waals surface area contributed by atoms with Crippen LogP contribution in [0.1, 0.15) is 58.3 Å². The molecule has 0 saturated heterocycles. The molecule has 4 atom stereocenters. The lowest BCUT2D eigenvalue weighted by Crippen LogP contribution is -2.51. The number of nitrogens with one attached hydrogen (secondary N) is 2. The topological polar surface area (TPSA) is 41.1 Å². The van der Waals surface area contributed by atoms with Crippen molar-refractivity contribution in [3.8, 4) is 0 Å². The fraction of sp³-hybridized carbons (Fsp3) is 0.929. The normalized spacial score (nSPS) is 37.0. The summed E-state index contributed by atoms with van der Waals surface area (Å²) in [5.41, 5.74) is 0. The second-order valence-electron chi connectivity index (χ2n) is 5.89. The summed E-state index contributed by atoms with van der Waals surface area (Å²) in [6.07, 6.45) is 9.92. The summed E-state index contributed by atoms with van der Waals surface area (Å²) in [6, 6.07) is 0.815. The summed E-state index contributed by atoms with van der Waals surface area (Å²) in [5.74, 6) is 0.631. The molecule has 104 valence electrons. The molecule has 2 N–H and O–H groups in total. The van der Waals surface area contributed by atoms with Gasteiger partial charge in [0.25, 0.3) is 0 Å². The van der Waals surface area contributed by atoms with Crippen LogP contribution in [0.5, 0.6) is 0 Å². The quantitative estimate of drug-likeness (QED) is 0.571. The molecule has 0 aromatic carbocycles. The number of carbonyl (C=O) groups is 1. The van der Waals surface area contributed by atoms with Gasteiger partial charge in [-0.15, -0.1) is 0 Å². The minimum absolute atomic E-state index is 0.0577. The van der Waals surface area contributed by atoms with Crippen LogP contribution in [-0.4, -0.2) is 22.0 Å². The molecule has 2 saturated carbocycles. The molecule has 0 spiro atoms. The summed E-state index contributed by atoms with van der Waals surface area (Å²) in [5, 5.41) is 6.36. The van der Waals surface area contributed by atoms with Gasteiger partial charge in [0.05, 0.1) is 0 Å². The predicted octanol–water partition coefficient (Wildman–Crippen LogP) is 3.61. The Labute approximate surface area is 124 Å². The molecule has 2 aliphatic carbocycles. The van der Waals surface area contributed by atoms with E-state index in [1.54, 1.807) is 0 Å². The van der Waals surface area contributed by atoms with Crippen LogP contribution in [-0.2, 0) is 0 Å². The fourth-order valence-electron chi connectivity index (χ4n) is 3.16. The summed E-state index contributed by atoms with van der Waals surface area (Å²) in [6.45, 7) is 2.26. The first-order valence-corrected chi connectivity index (χ1v) is 8.62. The van der Waals surface area contributed by atoms with Crippen molar-refractivity contribution in [2.75, 3.05) is 0 Å². The summed E-state index contributed by atoms with van der Waals surface area (Å²) in [7, 11) is 0. The molecular formula is C14H25IN2O. The van der Waals surface area contributed by atoms with Crippen LogP contribution in [0, 0.1) is 5.92 Å². The van der Waals surface area contributed by atoms with E-state index in [0.29, 0.717) is 21.9 Å². The van der Waals surface area contributed by atoms with Gasteiger partial charge in [-0.05, 0) is 31.6 Å². The number of alkyl halides is 1. The number of carbonyl (C=O) groups excluding carboxylic acids is 1. The van der Waals surface area contributed by atoms with Gasteiger partial charge >= 0.3 is 6.03 Å². The number of urea groups is 1. The molecule has 18 heavy (non-hydrogen) atoms. The monoisotopic (exact) mass is 364 g/mol. The summed E-state index contributed by atoms with van der Waals surface area (Å²) in [4.78, 5) is 12.0. The number of hydrogen-bond donors (Lipinski definition) is 2. The minimum Gasteiger partial charge on any atom is -0.335 e. The number of rotatable bonds is 2. The van der Waals surface area contributed by atoms with Gasteiger partial charge in [-0.3, -0.25) is 0 Å². The minimum atomic E-state index is 0.0577. The van der Waals surface area contributed by atoms with Crippen LogP contribution in [0.2, 0.25) is 0 Å². The standard InChI is InChI=1S/C14H25IN2O/c1-10-6-2-4-8-12(10)16-14(18)17-13-9-5-3-7-11(13)15/h10-13H,2-9H2,1H3,(H2,16,17,18). The summed E-state index contributed by atoms with van der Waals surface area (Å²) < 4.78 is 0.603. The Morgan fingerprint density at radius 1 is 0.944 bits per heavy atom. The highest BCUT2D eigenvalue weighted by molar-refractivity contribution is 14.1. The Morgan fingerprint density at radius 2 is 1.50 bits per heavy atom. The molecule has 0 aromatic rings. The van der Waals surface area contributed by atoms with E-state index in [2.05, 4.69) is 40.1 Å². The molecular weight excluding hydrogens is 339 g/mol. The average Bonchev–Trinajstić information content (AvgIpc) is 2.35. The van der Waals surface area contributed by atoms with Crippen molar-refractivity contribution in [3.05, 3.63) is 0 Å². The van der Waals surface area contributed by atoms with Crippen LogP contribution in [0.4, 0.5) is 4.79 Å². The second kappa shape index (κ2) is 6.96. The maximum atomic E-state index is 12.0. The van der Waals surface area contributed by atoms with Gasteiger partial charge < -0.3 is 10.6 Å². The first kappa shape index (κ1) is 14.4. The van der Waals surface area contributed by atoms with Gasteiger partial charge in [-0.25, -0.2) is 4.79 Å². The predicted molar refractivity (Wildman–Crippen MR) is 83.2 cm³/mol. The van der Waals surface area contributed by atoms with Gasteiger partial charge in [-0.2, -0.15) is 0 Å². The van der Waals surface area contributed by atoms with E-state index >= 15 is 0 Å². The zero-order valence-electron chi connectivity index (χ0n) is 11.3. The Balaban J connectivity index is 1.77. The van der Waals surface area contributed by atoms with Gasteiger partial charge in [0.1, 0.15) is 0 Å². The van der Waals surface area contributed by atoms with Crippen LogP contribution < -0.4 is 10.6 Å². The summed E-state index contributed by atoms with van der Waals surface area (Å²) >= 11 is 2.48. The van der Waals surface area contributed by atoms with Crippen molar-refractivity contribution in [1.82, 2.24) is 10.6 Å².